The zero-order valence-corrected chi connectivity index (χ0v) is 12.7. The molecule has 0 aromatic carbocycles. The number of Topliss-reactive ketones (excluding diaryl/α,β-unsaturated/α-hetero) is 1. The van der Waals surface area contributed by atoms with E-state index in [4.69, 9.17) is 4.74 Å². The van der Waals surface area contributed by atoms with Crippen LogP contribution in [0.3, 0.4) is 0 Å². The van der Waals surface area contributed by atoms with Crippen LogP contribution in [-0.4, -0.2) is 25.5 Å². The molecule has 0 aromatic rings. The van der Waals surface area contributed by atoms with Crippen LogP contribution in [-0.2, 0) is 9.53 Å². The molecule has 0 bridgehead atoms. The highest BCUT2D eigenvalue weighted by Crippen LogP contribution is 2.40. The van der Waals surface area contributed by atoms with Crippen molar-refractivity contribution in [1.29, 1.82) is 0 Å². The van der Waals surface area contributed by atoms with E-state index in [1.165, 1.54) is 24.8 Å². The van der Waals surface area contributed by atoms with Crippen LogP contribution in [0.2, 0.25) is 0 Å². The van der Waals surface area contributed by atoms with Crippen LogP contribution < -0.4 is 5.32 Å². The van der Waals surface area contributed by atoms with Crippen molar-refractivity contribution in [3.05, 3.63) is 21.9 Å². The first-order valence-corrected chi connectivity index (χ1v) is 7.98. The number of ether oxygens (including phenoxy) is 1. The average molecular weight is 326 g/mol. The Morgan fingerprint density at radius 3 is 2.89 bits per heavy atom. The molecule has 0 amide bonds. The minimum Gasteiger partial charge on any atom is -0.496 e. The molecule has 1 atom stereocenters. The number of hydrogen-bond donors (Lipinski definition) is 1. The van der Waals surface area contributed by atoms with Crippen molar-refractivity contribution in [2.24, 2.45) is 11.8 Å². The minimum atomic E-state index is 0.0729. The molecule has 104 valence electrons. The number of carbonyl (C=O) groups is 1. The lowest BCUT2D eigenvalue weighted by Gasteiger charge is -2.27. The van der Waals surface area contributed by atoms with Crippen LogP contribution in [0.25, 0.3) is 0 Å². The summed E-state index contributed by atoms with van der Waals surface area (Å²) >= 11 is 3.65. The number of rotatable bonds is 3. The Morgan fingerprint density at radius 1 is 1.32 bits per heavy atom. The summed E-state index contributed by atoms with van der Waals surface area (Å²) in [5.74, 6) is 1.21. The van der Waals surface area contributed by atoms with E-state index in [0.29, 0.717) is 18.8 Å². The van der Waals surface area contributed by atoms with Crippen molar-refractivity contribution in [3.63, 3.8) is 0 Å². The highest BCUT2D eigenvalue weighted by atomic mass is 79.9. The van der Waals surface area contributed by atoms with E-state index in [9.17, 15) is 4.79 Å². The smallest absolute Gasteiger partial charge is 0.145 e. The van der Waals surface area contributed by atoms with Crippen molar-refractivity contribution in [2.45, 2.75) is 32.1 Å². The van der Waals surface area contributed by atoms with Crippen LogP contribution in [0.4, 0.5) is 0 Å². The third-order valence-electron chi connectivity index (χ3n) is 4.51. The second-order valence-electron chi connectivity index (χ2n) is 5.75. The predicted molar refractivity (Wildman–Crippen MR) is 77.9 cm³/mol. The maximum Gasteiger partial charge on any atom is 0.145 e. The first-order chi connectivity index (χ1) is 9.25. The molecule has 1 aliphatic carbocycles. The average Bonchev–Trinajstić information content (AvgIpc) is 2.88. The fraction of sp³-hybridized carbons (Fsp3) is 0.667. The van der Waals surface area contributed by atoms with Gasteiger partial charge in [-0.2, -0.15) is 0 Å². The lowest BCUT2D eigenvalue weighted by Crippen LogP contribution is -2.29. The molecule has 1 fully saturated rings. The first kappa shape index (κ1) is 13.4. The highest BCUT2D eigenvalue weighted by Gasteiger charge is 2.33. The molecule has 2 heterocycles. The quantitative estimate of drug-likeness (QED) is 0.867. The molecule has 3 nitrogen and oxygen atoms in total. The fourth-order valence-electron chi connectivity index (χ4n) is 3.28. The zero-order valence-electron chi connectivity index (χ0n) is 11.1. The molecule has 0 aromatic heterocycles. The van der Waals surface area contributed by atoms with Crippen molar-refractivity contribution in [3.8, 4) is 0 Å². The summed E-state index contributed by atoms with van der Waals surface area (Å²) in [5, 5.41) is 3.39. The van der Waals surface area contributed by atoms with Crippen molar-refractivity contribution in [2.75, 3.05) is 19.7 Å². The zero-order chi connectivity index (χ0) is 13.2. The Balaban J connectivity index is 1.65. The summed E-state index contributed by atoms with van der Waals surface area (Å²) < 4.78 is 6.43. The molecule has 0 radical (unpaired) electrons. The Kier molecular flexibility index (Phi) is 4.08. The normalized spacial score (nSPS) is 28.2. The minimum absolute atomic E-state index is 0.0729. The maximum absolute atomic E-state index is 12.2. The fourth-order valence-corrected chi connectivity index (χ4v) is 4.14. The second kappa shape index (κ2) is 5.80. The van der Waals surface area contributed by atoms with Gasteiger partial charge in [-0.1, -0.05) is 15.9 Å². The molecule has 3 aliphatic rings. The molecule has 19 heavy (non-hydrogen) atoms. The van der Waals surface area contributed by atoms with Crippen LogP contribution in [0, 0.1) is 11.8 Å². The highest BCUT2D eigenvalue weighted by molar-refractivity contribution is 9.11. The van der Waals surface area contributed by atoms with Gasteiger partial charge in [-0.3, -0.25) is 4.79 Å². The largest absolute Gasteiger partial charge is 0.496 e. The Hall–Kier alpha value is -0.610. The van der Waals surface area contributed by atoms with Crippen molar-refractivity contribution >= 4 is 21.7 Å². The summed E-state index contributed by atoms with van der Waals surface area (Å²) in [5.41, 5.74) is 2.30. The number of ketones is 1. The number of hydrogen-bond acceptors (Lipinski definition) is 3. The summed E-state index contributed by atoms with van der Waals surface area (Å²) in [6, 6.07) is 0. The lowest BCUT2D eigenvalue weighted by atomic mass is 9.81. The molecule has 1 N–H and O–H groups in total. The van der Waals surface area contributed by atoms with Gasteiger partial charge in [-0.15, -0.1) is 0 Å². The van der Waals surface area contributed by atoms with Gasteiger partial charge in [0.1, 0.15) is 12.4 Å². The Bertz CT molecular complexity index is 435. The number of fused-ring (bicyclic) bond motifs is 1. The predicted octanol–water partition coefficient (Wildman–Crippen LogP) is 2.92. The SMILES string of the molecule is O=C1CC2=COCC2=C(Br)C1CCC1CCNCC1. The first-order valence-electron chi connectivity index (χ1n) is 7.18. The molecule has 0 spiro atoms. The third-order valence-corrected chi connectivity index (χ3v) is 5.54. The Labute approximate surface area is 122 Å². The number of allylic oxidation sites excluding steroid dienone is 1. The topological polar surface area (TPSA) is 38.3 Å². The summed E-state index contributed by atoms with van der Waals surface area (Å²) in [6.07, 6.45) is 6.97. The van der Waals surface area contributed by atoms with Gasteiger partial charge < -0.3 is 10.1 Å². The van der Waals surface area contributed by atoms with Crippen LogP contribution in [0.5, 0.6) is 0 Å². The van der Waals surface area contributed by atoms with Crippen molar-refractivity contribution in [1.82, 2.24) is 5.32 Å². The van der Waals surface area contributed by atoms with Gasteiger partial charge in [0.05, 0.1) is 12.2 Å². The van der Waals surface area contributed by atoms with E-state index in [1.807, 2.05) is 0 Å². The van der Waals surface area contributed by atoms with E-state index in [1.54, 1.807) is 6.26 Å². The van der Waals surface area contributed by atoms with E-state index in [-0.39, 0.29) is 5.92 Å². The number of halogens is 1. The van der Waals surface area contributed by atoms with E-state index in [2.05, 4.69) is 21.2 Å². The number of carbonyl (C=O) groups excluding carboxylic acids is 1. The van der Waals surface area contributed by atoms with Gasteiger partial charge >= 0.3 is 0 Å². The van der Waals surface area contributed by atoms with Gasteiger partial charge in [-0.05, 0) is 44.7 Å². The standard InChI is InChI=1S/C15H20BrNO2/c16-15-12(2-1-10-3-5-17-6-4-10)14(18)7-11-8-19-9-13(11)15/h8,10,12,17H,1-7,9H2. The number of piperidine rings is 1. The summed E-state index contributed by atoms with van der Waals surface area (Å²) in [7, 11) is 0. The van der Waals surface area contributed by atoms with E-state index in [0.717, 1.165) is 35.5 Å². The van der Waals surface area contributed by atoms with Crippen molar-refractivity contribution < 1.29 is 9.53 Å². The monoisotopic (exact) mass is 325 g/mol. The second-order valence-corrected chi connectivity index (χ2v) is 6.60. The molecule has 4 heteroatoms. The molecular weight excluding hydrogens is 306 g/mol. The van der Waals surface area contributed by atoms with Crippen LogP contribution in [0.15, 0.2) is 21.9 Å². The van der Waals surface area contributed by atoms with Gasteiger partial charge in [0, 0.05) is 22.0 Å². The van der Waals surface area contributed by atoms with Gasteiger partial charge in [0.15, 0.2) is 0 Å². The van der Waals surface area contributed by atoms with Gasteiger partial charge in [0.2, 0.25) is 0 Å². The molecule has 0 saturated carbocycles. The molecule has 1 saturated heterocycles. The van der Waals surface area contributed by atoms with E-state index >= 15 is 0 Å². The maximum atomic E-state index is 12.2. The van der Waals surface area contributed by atoms with Gasteiger partial charge in [-0.25, -0.2) is 0 Å². The third kappa shape index (κ3) is 2.79. The van der Waals surface area contributed by atoms with Crippen LogP contribution >= 0.6 is 15.9 Å². The molecule has 1 unspecified atom stereocenters. The summed E-state index contributed by atoms with van der Waals surface area (Å²) in [4.78, 5) is 12.2. The summed E-state index contributed by atoms with van der Waals surface area (Å²) in [6.45, 7) is 2.89. The molecule has 2 aliphatic heterocycles. The van der Waals surface area contributed by atoms with E-state index < -0.39 is 0 Å². The molecular formula is C15H20BrNO2. The number of nitrogens with one attached hydrogen (secondary N) is 1. The van der Waals surface area contributed by atoms with Gasteiger partial charge in [0.25, 0.3) is 0 Å². The van der Waals surface area contributed by atoms with Crippen LogP contribution in [0.1, 0.15) is 32.1 Å². The molecule has 3 rings (SSSR count). The lowest BCUT2D eigenvalue weighted by molar-refractivity contribution is -0.121. The Morgan fingerprint density at radius 2 is 2.11 bits per heavy atom.